The molecule has 19 heavy (non-hydrogen) atoms. The lowest BCUT2D eigenvalue weighted by molar-refractivity contribution is 0.296. The van der Waals surface area contributed by atoms with Gasteiger partial charge in [-0.05, 0) is 45.2 Å². The van der Waals surface area contributed by atoms with Crippen LogP contribution < -0.4 is 10.5 Å². The van der Waals surface area contributed by atoms with Crippen LogP contribution in [0.5, 0.6) is 0 Å². The van der Waals surface area contributed by atoms with E-state index in [1.165, 1.54) is 11.3 Å². The van der Waals surface area contributed by atoms with Crippen LogP contribution in [-0.2, 0) is 10.0 Å². The second-order valence-corrected chi connectivity index (χ2v) is 8.43. The van der Waals surface area contributed by atoms with Gasteiger partial charge in [-0.1, -0.05) is 12.8 Å². The van der Waals surface area contributed by atoms with Crippen LogP contribution in [0.25, 0.3) is 0 Å². The van der Waals surface area contributed by atoms with E-state index in [0.717, 1.165) is 35.4 Å². The second-order valence-electron chi connectivity index (χ2n) is 5.29. The highest BCUT2D eigenvalue weighted by Crippen LogP contribution is 2.28. The molecule has 0 spiro atoms. The Kier molecular flexibility index (Phi) is 4.66. The molecular weight excluding hydrogens is 280 g/mol. The summed E-state index contributed by atoms with van der Waals surface area (Å²) < 4.78 is 27.8. The maximum absolute atomic E-state index is 12.5. The third-order valence-corrected chi connectivity index (χ3v) is 6.51. The standard InChI is InChI=1S/C13H22N2O2S2/c1-9-7-13(10(2)18-9)19(16,17)15-12-6-4-3-5-11(12)8-14/h7,11-12,15H,3-6,8,14H2,1-2H3. The Morgan fingerprint density at radius 3 is 2.63 bits per heavy atom. The van der Waals surface area contributed by atoms with Gasteiger partial charge in [0.25, 0.3) is 0 Å². The largest absolute Gasteiger partial charge is 0.330 e. The van der Waals surface area contributed by atoms with E-state index in [-0.39, 0.29) is 12.0 Å². The smallest absolute Gasteiger partial charge is 0.241 e. The number of hydrogen-bond donors (Lipinski definition) is 2. The first kappa shape index (κ1) is 15.0. The van der Waals surface area contributed by atoms with Gasteiger partial charge in [0.2, 0.25) is 10.0 Å². The number of rotatable bonds is 4. The molecule has 0 radical (unpaired) electrons. The molecule has 6 heteroatoms. The van der Waals surface area contributed by atoms with Gasteiger partial charge in [0.05, 0.1) is 4.90 Å². The van der Waals surface area contributed by atoms with Crippen molar-refractivity contribution in [3.05, 3.63) is 15.8 Å². The van der Waals surface area contributed by atoms with Crippen molar-refractivity contribution >= 4 is 21.4 Å². The number of aryl methyl sites for hydroxylation is 2. The summed E-state index contributed by atoms with van der Waals surface area (Å²) in [5.74, 6) is 0.267. The summed E-state index contributed by atoms with van der Waals surface area (Å²) in [6.07, 6.45) is 4.14. The summed E-state index contributed by atoms with van der Waals surface area (Å²) in [4.78, 5) is 2.30. The van der Waals surface area contributed by atoms with Gasteiger partial charge < -0.3 is 5.73 Å². The van der Waals surface area contributed by atoms with Gasteiger partial charge in [-0.3, -0.25) is 0 Å². The Hall–Kier alpha value is -0.430. The normalized spacial score (nSPS) is 24.6. The van der Waals surface area contributed by atoms with Crippen molar-refractivity contribution < 1.29 is 8.42 Å². The molecule has 2 rings (SSSR count). The predicted octanol–water partition coefficient (Wildman–Crippen LogP) is 2.16. The van der Waals surface area contributed by atoms with Crippen molar-refractivity contribution in [1.29, 1.82) is 0 Å². The van der Waals surface area contributed by atoms with Gasteiger partial charge in [-0.15, -0.1) is 11.3 Å². The van der Waals surface area contributed by atoms with Crippen LogP contribution in [0, 0.1) is 19.8 Å². The number of nitrogens with two attached hydrogens (primary N) is 1. The van der Waals surface area contributed by atoms with Crippen LogP contribution in [0.2, 0.25) is 0 Å². The number of sulfonamides is 1. The summed E-state index contributed by atoms with van der Waals surface area (Å²) in [6, 6.07) is 1.74. The Balaban J connectivity index is 2.19. The second kappa shape index (κ2) is 5.91. The van der Waals surface area contributed by atoms with E-state index in [4.69, 9.17) is 5.73 Å². The minimum absolute atomic E-state index is 0.0108. The zero-order valence-electron chi connectivity index (χ0n) is 11.5. The Labute approximate surface area is 119 Å². The van der Waals surface area contributed by atoms with Crippen molar-refractivity contribution in [2.24, 2.45) is 11.7 Å². The third-order valence-electron chi connectivity index (χ3n) is 3.80. The van der Waals surface area contributed by atoms with Gasteiger partial charge >= 0.3 is 0 Å². The molecule has 108 valence electrons. The van der Waals surface area contributed by atoms with E-state index in [1.807, 2.05) is 13.8 Å². The monoisotopic (exact) mass is 302 g/mol. The van der Waals surface area contributed by atoms with E-state index in [9.17, 15) is 8.42 Å². The molecule has 1 aromatic rings. The summed E-state index contributed by atoms with van der Waals surface area (Å²) in [5.41, 5.74) is 5.75. The first-order valence-corrected chi connectivity index (χ1v) is 9.03. The van der Waals surface area contributed by atoms with Crippen molar-refractivity contribution in [2.75, 3.05) is 6.54 Å². The lowest BCUT2D eigenvalue weighted by Gasteiger charge is -2.31. The molecule has 0 saturated heterocycles. The highest BCUT2D eigenvalue weighted by Gasteiger charge is 2.29. The summed E-state index contributed by atoms with van der Waals surface area (Å²) in [5, 5.41) is 0. The maximum Gasteiger partial charge on any atom is 0.241 e. The lowest BCUT2D eigenvalue weighted by atomic mass is 9.85. The van der Waals surface area contributed by atoms with Gasteiger partial charge in [0.15, 0.2) is 0 Å². The molecule has 0 aliphatic heterocycles. The fraction of sp³-hybridized carbons (Fsp3) is 0.692. The molecule has 0 amide bonds. The highest BCUT2D eigenvalue weighted by atomic mass is 32.2. The molecule has 0 bridgehead atoms. The van der Waals surface area contributed by atoms with Crippen molar-refractivity contribution in [3.63, 3.8) is 0 Å². The van der Waals surface area contributed by atoms with Crippen molar-refractivity contribution in [3.8, 4) is 0 Å². The molecule has 1 heterocycles. The molecule has 1 saturated carbocycles. The molecule has 0 aromatic carbocycles. The molecule has 4 nitrogen and oxygen atoms in total. The Morgan fingerprint density at radius 2 is 2.05 bits per heavy atom. The zero-order chi connectivity index (χ0) is 14.0. The molecule has 3 N–H and O–H groups in total. The average Bonchev–Trinajstić information content (AvgIpc) is 2.69. The van der Waals surface area contributed by atoms with Crippen LogP contribution >= 0.6 is 11.3 Å². The molecule has 2 atom stereocenters. The SMILES string of the molecule is Cc1cc(S(=O)(=O)NC2CCCCC2CN)c(C)s1. The maximum atomic E-state index is 12.5. The van der Waals surface area contributed by atoms with Crippen LogP contribution in [-0.4, -0.2) is 21.0 Å². The van der Waals surface area contributed by atoms with E-state index < -0.39 is 10.0 Å². The molecule has 1 aromatic heterocycles. The molecule has 1 aliphatic rings. The average molecular weight is 302 g/mol. The van der Waals surface area contributed by atoms with Gasteiger partial charge in [0.1, 0.15) is 0 Å². The van der Waals surface area contributed by atoms with Crippen molar-refractivity contribution in [1.82, 2.24) is 4.72 Å². The zero-order valence-corrected chi connectivity index (χ0v) is 13.1. The van der Waals surface area contributed by atoms with Gasteiger partial charge in [-0.25, -0.2) is 13.1 Å². The van der Waals surface area contributed by atoms with Crippen LogP contribution in [0.15, 0.2) is 11.0 Å². The molecule has 2 unspecified atom stereocenters. The minimum Gasteiger partial charge on any atom is -0.330 e. The van der Waals surface area contributed by atoms with E-state index in [1.54, 1.807) is 6.07 Å². The summed E-state index contributed by atoms with van der Waals surface area (Å²) in [7, 11) is -3.41. The topological polar surface area (TPSA) is 72.2 Å². The van der Waals surface area contributed by atoms with E-state index in [0.29, 0.717) is 11.4 Å². The van der Waals surface area contributed by atoms with Crippen LogP contribution in [0.1, 0.15) is 35.4 Å². The Morgan fingerprint density at radius 1 is 1.37 bits per heavy atom. The molecular formula is C13H22N2O2S2. The fourth-order valence-electron chi connectivity index (χ4n) is 2.78. The van der Waals surface area contributed by atoms with Gasteiger partial charge in [-0.2, -0.15) is 0 Å². The quantitative estimate of drug-likeness (QED) is 0.895. The minimum atomic E-state index is -3.41. The van der Waals surface area contributed by atoms with Crippen LogP contribution in [0.3, 0.4) is 0 Å². The first-order valence-electron chi connectivity index (χ1n) is 6.73. The number of nitrogens with one attached hydrogen (secondary N) is 1. The Bertz CT molecular complexity index is 537. The highest BCUT2D eigenvalue weighted by molar-refractivity contribution is 7.89. The van der Waals surface area contributed by atoms with Crippen LogP contribution in [0.4, 0.5) is 0 Å². The van der Waals surface area contributed by atoms with Gasteiger partial charge in [0, 0.05) is 15.8 Å². The van der Waals surface area contributed by atoms with E-state index >= 15 is 0 Å². The lowest BCUT2D eigenvalue weighted by Crippen LogP contribution is -2.44. The summed E-state index contributed by atoms with van der Waals surface area (Å²) in [6.45, 7) is 4.34. The number of hydrogen-bond acceptors (Lipinski definition) is 4. The first-order chi connectivity index (χ1) is 8.94. The van der Waals surface area contributed by atoms with E-state index in [2.05, 4.69) is 4.72 Å². The molecule has 1 fully saturated rings. The summed E-state index contributed by atoms with van der Waals surface area (Å²) >= 11 is 1.52. The predicted molar refractivity (Wildman–Crippen MR) is 78.9 cm³/mol. The molecule has 1 aliphatic carbocycles. The van der Waals surface area contributed by atoms with Crippen molar-refractivity contribution in [2.45, 2.75) is 50.5 Å². The number of thiophene rings is 1. The third kappa shape index (κ3) is 3.37. The fourth-order valence-corrected chi connectivity index (χ4v) is 5.68.